The Morgan fingerprint density at radius 3 is 2.43 bits per heavy atom. The monoisotopic (exact) mass is 210 g/mol. The highest BCUT2D eigenvalue weighted by molar-refractivity contribution is 5.34. The van der Waals surface area contributed by atoms with Crippen molar-refractivity contribution >= 4 is 5.69 Å². The molecule has 0 bridgehead atoms. The maximum absolute atomic E-state index is 12.8. The number of nitrogens with zero attached hydrogens (tertiary/aromatic N) is 2. The zero-order valence-electron chi connectivity index (χ0n) is 6.38. The summed E-state index contributed by atoms with van der Waals surface area (Å²) in [5, 5.41) is 10.1. The molecular formula is C6H2F4N2O2. The first kappa shape index (κ1) is 10.4. The number of rotatable bonds is 2. The summed E-state index contributed by atoms with van der Waals surface area (Å²) in [6.45, 7) is 0. The summed E-state index contributed by atoms with van der Waals surface area (Å²) in [6.07, 6.45) is -3.05. The quantitative estimate of drug-likeness (QED) is 0.325. The molecule has 14 heavy (non-hydrogen) atoms. The van der Waals surface area contributed by atoms with Crippen LogP contribution in [0.25, 0.3) is 0 Å². The van der Waals surface area contributed by atoms with Crippen LogP contribution in [0.3, 0.4) is 0 Å². The average Bonchev–Trinajstić information content (AvgIpc) is 2.02. The Kier molecular flexibility index (Phi) is 2.63. The lowest BCUT2D eigenvalue weighted by Gasteiger charge is -2.01. The fourth-order valence-electron chi connectivity index (χ4n) is 0.779. The molecule has 0 fully saturated rings. The van der Waals surface area contributed by atoms with Gasteiger partial charge in [-0.3, -0.25) is 10.1 Å². The number of pyridine rings is 1. The number of hydrogen-bond acceptors (Lipinski definition) is 3. The van der Waals surface area contributed by atoms with Crippen LogP contribution >= 0.6 is 0 Å². The third-order valence-corrected chi connectivity index (χ3v) is 1.39. The minimum absolute atomic E-state index is 0.225. The lowest BCUT2D eigenvalue weighted by atomic mass is 10.2. The van der Waals surface area contributed by atoms with Crippen molar-refractivity contribution in [2.75, 3.05) is 0 Å². The molecule has 0 aliphatic rings. The second-order valence-corrected chi connectivity index (χ2v) is 2.22. The fraction of sp³-hybridized carbons (Fsp3) is 0.167. The first-order chi connectivity index (χ1) is 6.45. The van der Waals surface area contributed by atoms with E-state index in [1.807, 2.05) is 0 Å². The molecule has 0 atom stereocenters. The van der Waals surface area contributed by atoms with Crippen LogP contribution < -0.4 is 0 Å². The van der Waals surface area contributed by atoms with E-state index in [0.29, 0.717) is 0 Å². The molecule has 0 aliphatic heterocycles. The molecule has 1 aromatic rings. The standard InChI is InChI=1S/C6H2F4N2O2/c7-3-2(5(8)9)1-11-6(10)4(3)12(13)14/h1,5H. The summed E-state index contributed by atoms with van der Waals surface area (Å²) in [6, 6.07) is 0. The molecule has 0 saturated carbocycles. The number of hydrogen-bond donors (Lipinski definition) is 0. The number of aromatic nitrogens is 1. The first-order valence-corrected chi connectivity index (χ1v) is 3.21. The van der Waals surface area contributed by atoms with Crippen LogP contribution in [0.5, 0.6) is 0 Å². The van der Waals surface area contributed by atoms with Crippen LogP contribution in [0.15, 0.2) is 6.20 Å². The van der Waals surface area contributed by atoms with Crippen LogP contribution in [0.4, 0.5) is 23.2 Å². The SMILES string of the molecule is O=[N+]([O-])c1c(F)ncc(C(F)F)c1F. The van der Waals surface area contributed by atoms with Gasteiger partial charge in [-0.15, -0.1) is 0 Å². The van der Waals surface area contributed by atoms with Gasteiger partial charge in [-0.2, -0.15) is 8.78 Å². The van der Waals surface area contributed by atoms with Gasteiger partial charge in [0.1, 0.15) is 0 Å². The Bertz CT molecular complexity index is 382. The van der Waals surface area contributed by atoms with Gasteiger partial charge in [0.25, 0.3) is 12.4 Å². The van der Waals surface area contributed by atoms with E-state index in [0.717, 1.165) is 0 Å². The third-order valence-electron chi connectivity index (χ3n) is 1.39. The van der Waals surface area contributed by atoms with Crippen molar-refractivity contribution < 1.29 is 22.5 Å². The molecule has 1 aromatic heterocycles. The molecule has 0 spiro atoms. The van der Waals surface area contributed by atoms with Gasteiger partial charge in [0, 0.05) is 6.20 Å². The highest BCUT2D eigenvalue weighted by Crippen LogP contribution is 2.28. The van der Waals surface area contributed by atoms with Crippen molar-refractivity contribution in [2.45, 2.75) is 6.43 Å². The number of halogens is 4. The van der Waals surface area contributed by atoms with E-state index in [4.69, 9.17) is 0 Å². The number of alkyl halides is 2. The van der Waals surface area contributed by atoms with E-state index in [2.05, 4.69) is 4.98 Å². The minimum Gasteiger partial charge on any atom is -0.258 e. The van der Waals surface area contributed by atoms with Crippen LogP contribution in [-0.2, 0) is 0 Å². The molecule has 0 N–H and O–H groups in total. The van der Waals surface area contributed by atoms with Gasteiger partial charge >= 0.3 is 5.69 Å². The van der Waals surface area contributed by atoms with Crippen molar-refractivity contribution in [3.05, 3.63) is 33.6 Å². The molecule has 1 rings (SSSR count). The fourth-order valence-corrected chi connectivity index (χ4v) is 0.779. The topological polar surface area (TPSA) is 56.0 Å². The van der Waals surface area contributed by atoms with Gasteiger partial charge in [0.05, 0.1) is 10.5 Å². The summed E-state index contributed by atoms with van der Waals surface area (Å²) in [4.78, 5) is 11.3. The molecule has 0 amide bonds. The molecule has 0 aliphatic carbocycles. The van der Waals surface area contributed by atoms with Crippen molar-refractivity contribution in [3.63, 3.8) is 0 Å². The Hall–Kier alpha value is -1.73. The average molecular weight is 210 g/mol. The van der Waals surface area contributed by atoms with Crippen LogP contribution in [-0.4, -0.2) is 9.91 Å². The van der Waals surface area contributed by atoms with Gasteiger partial charge < -0.3 is 0 Å². The van der Waals surface area contributed by atoms with E-state index >= 15 is 0 Å². The van der Waals surface area contributed by atoms with E-state index in [1.54, 1.807) is 0 Å². The normalized spacial score (nSPS) is 10.6. The molecule has 4 nitrogen and oxygen atoms in total. The highest BCUT2D eigenvalue weighted by atomic mass is 19.3. The third kappa shape index (κ3) is 1.63. The summed E-state index contributed by atoms with van der Waals surface area (Å²) < 4.78 is 49.3. The molecular weight excluding hydrogens is 208 g/mol. The van der Waals surface area contributed by atoms with E-state index in [-0.39, 0.29) is 6.20 Å². The van der Waals surface area contributed by atoms with Gasteiger partial charge in [-0.1, -0.05) is 0 Å². The van der Waals surface area contributed by atoms with E-state index in [1.165, 1.54) is 0 Å². The maximum Gasteiger partial charge on any atom is 0.359 e. The zero-order chi connectivity index (χ0) is 10.9. The number of nitro groups is 1. The second-order valence-electron chi connectivity index (χ2n) is 2.22. The van der Waals surface area contributed by atoms with Crippen LogP contribution in [0.1, 0.15) is 12.0 Å². The summed E-state index contributed by atoms with van der Waals surface area (Å²) >= 11 is 0. The Labute approximate surface area is 74.3 Å². The predicted octanol–water partition coefficient (Wildman–Crippen LogP) is 2.21. The lowest BCUT2D eigenvalue weighted by Crippen LogP contribution is -2.03. The van der Waals surface area contributed by atoms with Gasteiger partial charge in [0.2, 0.25) is 5.82 Å². The highest BCUT2D eigenvalue weighted by Gasteiger charge is 2.28. The lowest BCUT2D eigenvalue weighted by molar-refractivity contribution is -0.390. The molecule has 1 heterocycles. The summed E-state index contributed by atoms with van der Waals surface area (Å²) in [7, 11) is 0. The van der Waals surface area contributed by atoms with Crippen LogP contribution in [0.2, 0.25) is 0 Å². The molecule has 0 radical (unpaired) electrons. The van der Waals surface area contributed by atoms with E-state index < -0.39 is 34.4 Å². The van der Waals surface area contributed by atoms with Crippen molar-refractivity contribution in [2.24, 2.45) is 0 Å². The largest absolute Gasteiger partial charge is 0.359 e. The molecule has 0 aromatic carbocycles. The molecule has 8 heteroatoms. The summed E-state index contributed by atoms with van der Waals surface area (Å²) in [5.74, 6) is -3.62. The predicted molar refractivity (Wildman–Crippen MR) is 35.8 cm³/mol. The first-order valence-electron chi connectivity index (χ1n) is 3.21. The molecule has 0 unspecified atom stereocenters. The Balaban J connectivity index is 3.41. The van der Waals surface area contributed by atoms with Crippen molar-refractivity contribution in [3.8, 4) is 0 Å². The molecule has 0 saturated heterocycles. The van der Waals surface area contributed by atoms with Gasteiger partial charge in [-0.25, -0.2) is 13.8 Å². The Morgan fingerprint density at radius 2 is 2.00 bits per heavy atom. The molecule has 76 valence electrons. The van der Waals surface area contributed by atoms with Crippen molar-refractivity contribution in [1.82, 2.24) is 4.98 Å². The van der Waals surface area contributed by atoms with Crippen LogP contribution in [0, 0.1) is 21.9 Å². The minimum atomic E-state index is -3.28. The van der Waals surface area contributed by atoms with Crippen molar-refractivity contribution in [1.29, 1.82) is 0 Å². The maximum atomic E-state index is 12.8. The Morgan fingerprint density at radius 1 is 1.43 bits per heavy atom. The van der Waals surface area contributed by atoms with Gasteiger partial charge in [-0.05, 0) is 0 Å². The zero-order valence-corrected chi connectivity index (χ0v) is 6.38. The van der Waals surface area contributed by atoms with E-state index in [9.17, 15) is 27.7 Å². The second kappa shape index (κ2) is 3.56. The summed E-state index contributed by atoms with van der Waals surface area (Å²) in [5.41, 5.74) is -2.96. The smallest absolute Gasteiger partial charge is 0.258 e. The van der Waals surface area contributed by atoms with Gasteiger partial charge in [0.15, 0.2) is 0 Å².